The maximum absolute atomic E-state index is 12.9. The van der Waals surface area contributed by atoms with Crippen LogP contribution in [-0.2, 0) is 19.6 Å². The molecule has 0 unspecified atom stereocenters. The first-order valence-electron chi connectivity index (χ1n) is 8.52. The second kappa shape index (κ2) is 6.80. The van der Waals surface area contributed by atoms with Crippen molar-refractivity contribution in [1.29, 1.82) is 0 Å². The van der Waals surface area contributed by atoms with Crippen molar-refractivity contribution in [2.24, 2.45) is 14.1 Å². The zero-order valence-electron chi connectivity index (χ0n) is 15.5. The normalized spacial score (nSPS) is 12.1. The van der Waals surface area contributed by atoms with Gasteiger partial charge in [0.05, 0.1) is 36.4 Å². The van der Waals surface area contributed by atoms with Crippen LogP contribution in [-0.4, -0.2) is 48.8 Å². The minimum Gasteiger partial charge on any atom is -0.394 e. The third-order valence-corrected chi connectivity index (χ3v) is 5.12. The Hall–Kier alpha value is -2.68. The van der Waals surface area contributed by atoms with Gasteiger partial charge in [-0.05, 0) is 18.6 Å². The summed E-state index contributed by atoms with van der Waals surface area (Å²) in [5.41, 5.74) is 0.0349. The average molecular weight is 373 g/mol. The van der Waals surface area contributed by atoms with Gasteiger partial charge in [0, 0.05) is 20.3 Å². The first kappa shape index (κ1) is 19.1. The topological polar surface area (TPSA) is 110 Å². The highest BCUT2D eigenvalue weighted by Gasteiger charge is 2.34. The number of rotatable bonds is 5. The first-order chi connectivity index (χ1) is 12.8. The maximum atomic E-state index is 12.9. The van der Waals surface area contributed by atoms with E-state index in [1.807, 2.05) is 25.1 Å². The van der Waals surface area contributed by atoms with E-state index in [1.54, 1.807) is 13.1 Å². The molecular formula is C19H23N3O5. The van der Waals surface area contributed by atoms with E-state index in [-0.39, 0.29) is 5.39 Å². The van der Waals surface area contributed by atoms with Crippen LogP contribution in [0, 0.1) is 6.92 Å². The van der Waals surface area contributed by atoms with E-state index < -0.39 is 36.6 Å². The van der Waals surface area contributed by atoms with Gasteiger partial charge in [0.15, 0.2) is 0 Å². The van der Waals surface area contributed by atoms with Crippen LogP contribution in [0.3, 0.4) is 0 Å². The van der Waals surface area contributed by atoms with Crippen molar-refractivity contribution >= 4 is 10.9 Å². The molecule has 0 saturated heterocycles. The van der Waals surface area contributed by atoms with Crippen molar-refractivity contribution in [2.45, 2.75) is 12.5 Å². The molecule has 8 heteroatoms. The van der Waals surface area contributed by atoms with Gasteiger partial charge in [-0.3, -0.25) is 13.9 Å². The fourth-order valence-electron chi connectivity index (χ4n) is 3.37. The molecule has 1 aromatic carbocycles. The number of benzene rings is 1. The van der Waals surface area contributed by atoms with E-state index in [0.717, 1.165) is 10.1 Å². The number of aromatic nitrogens is 3. The lowest BCUT2D eigenvalue weighted by molar-refractivity contribution is 0.0168. The van der Waals surface area contributed by atoms with Crippen LogP contribution in [0.2, 0.25) is 0 Å². The third kappa shape index (κ3) is 2.73. The summed E-state index contributed by atoms with van der Waals surface area (Å²) < 4.78 is 3.86. The zero-order chi connectivity index (χ0) is 19.9. The molecule has 0 spiro atoms. The van der Waals surface area contributed by atoms with Gasteiger partial charge in [-0.25, -0.2) is 4.79 Å². The molecule has 8 nitrogen and oxygen atoms in total. The largest absolute Gasteiger partial charge is 0.394 e. The van der Waals surface area contributed by atoms with Crippen LogP contribution < -0.4 is 11.2 Å². The Labute approximate surface area is 155 Å². The standard InChI is InChI=1S/C19H23N3O5/c1-12-5-4-6-13(7-12)16-15-14(20(2)18(27)21(3)17(15)26)8-22(16)19(9-23,10-24)11-25/h4-8,23-25H,9-11H2,1-3H3. The lowest BCUT2D eigenvalue weighted by Gasteiger charge is -2.31. The molecule has 0 aliphatic rings. The first-order valence-corrected chi connectivity index (χ1v) is 8.52. The molecule has 3 rings (SSSR count). The van der Waals surface area contributed by atoms with E-state index in [2.05, 4.69) is 0 Å². The van der Waals surface area contributed by atoms with Crippen molar-refractivity contribution in [1.82, 2.24) is 13.7 Å². The molecule has 0 bridgehead atoms. The molecule has 0 aliphatic carbocycles. The number of aryl methyl sites for hydroxylation is 2. The van der Waals surface area contributed by atoms with Crippen molar-refractivity contribution in [3.8, 4) is 11.3 Å². The smallest absolute Gasteiger partial charge is 0.330 e. The second-order valence-corrected chi connectivity index (χ2v) is 6.88. The summed E-state index contributed by atoms with van der Waals surface area (Å²) >= 11 is 0. The zero-order valence-corrected chi connectivity index (χ0v) is 15.5. The molecule has 0 radical (unpaired) electrons. The van der Waals surface area contributed by atoms with Crippen LogP contribution in [0.1, 0.15) is 5.56 Å². The molecule has 3 aromatic rings. The fourth-order valence-corrected chi connectivity index (χ4v) is 3.37. The predicted molar refractivity (Wildman–Crippen MR) is 102 cm³/mol. The maximum Gasteiger partial charge on any atom is 0.330 e. The highest BCUT2D eigenvalue weighted by molar-refractivity contribution is 5.94. The van der Waals surface area contributed by atoms with Crippen LogP contribution in [0.4, 0.5) is 0 Å². The second-order valence-electron chi connectivity index (χ2n) is 6.88. The number of aliphatic hydroxyl groups is 3. The predicted octanol–water partition coefficient (Wildman–Crippen LogP) is -0.314. The van der Waals surface area contributed by atoms with Crippen molar-refractivity contribution in [3.63, 3.8) is 0 Å². The molecular weight excluding hydrogens is 350 g/mol. The number of aliphatic hydroxyl groups excluding tert-OH is 3. The number of hydrogen-bond acceptors (Lipinski definition) is 5. The molecule has 3 N–H and O–H groups in total. The van der Waals surface area contributed by atoms with Gasteiger partial charge < -0.3 is 19.9 Å². The number of nitrogens with zero attached hydrogens (tertiary/aromatic N) is 3. The summed E-state index contributed by atoms with van der Waals surface area (Å²) in [6.45, 7) is 0.264. The molecule has 2 aromatic heterocycles. The summed E-state index contributed by atoms with van der Waals surface area (Å²) in [6, 6.07) is 7.41. The summed E-state index contributed by atoms with van der Waals surface area (Å²) in [4.78, 5) is 25.3. The summed E-state index contributed by atoms with van der Waals surface area (Å²) in [5, 5.41) is 30.1. The molecule has 0 fully saturated rings. The Morgan fingerprint density at radius 3 is 2.19 bits per heavy atom. The lowest BCUT2D eigenvalue weighted by atomic mass is 10.0. The van der Waals surface area contributed by atoms with Crippen molar-refractivity contribution in [2.75, 3.05) is 19.8 Å². The molecule has 144 valence electrons. The van der Waals surface area contributed by atoms with E-state index in [1.165, 1.54) is 22.4 Å². The van der Waals surface area contributed by atoms with Gasteiger partial charge in [-0.15, -0.1) is 0 Å². The van der Waals surface area contributed by atoms with E-state index in [4.69, 9.17) is 0 Å². The van der Waals surface area contributed by atoms with Crippen molar-refractivity contribution in [3.05, 3.63) is 56.9 Å². The van der Waals surface area contributed by atoms with Crippen LogP contribution in [0.5, 0.6) is 0 Å². The van der Waals surface area contributed by atoms with Gasteiger partial charge in [0.1, 0.15) is 5.54 Å². The number of fused-ring (bicyclic) bond motifs is 1. The van der Waals surface area contributed by atoms with Gasteiger partial charge >= 0.3 is 5.69 Å². The Morgan fingerprint density at radius 2 is 1.63 bits per heavy atom. The third-order valence-electron chi connectivity index (χ3n) is 5.12. The van der Waals surface area contributed by atoms with Gasteiger partial charge in [0.25, 0.3) is 5.56 Å². The van der Waals surface area contributed by atoms with E-state index in [9.17, 15) is 24.9 Å². The average Bonchev–Trinajstić information content (AvgIpc) is 3.08. The summed E-state index contributed by atoms with van der Waals surface area (Å²) in [5.74, 6) is 0. The Balaban J connectivity index is 2.59. The quantitative estimate of drug-likeness (QED) is 0.568. The number of hydrogen-bond donors (Lipinski definition) is 3. The van der Waals surface area contributed by atoms with E-state index in [0.29, 0.717) is 16.8 Å². The van der Waals surface area contributed by atoms with Crippen LogP contribution in [0.15, 0.2) is 40.1 Å². The summed E-state index contributed by atoms with van der Waals surface area (Å²) in [6.07, 6.45) is 1.53. The van der Waals surface area contributed by atoms with Gasteiger partial charge in [-0.2, -0.15) is 0 Å². The molecule has 0 atom stereocenters. The minimum atomic E-state index is -1.43. The molecule has 0 aliphatic heterocycles. The van der Waals surface area contributed by atoms with Gasteiger partial charge in [-0.1, -0.05) is 23.8 Å². The molecule has 27 heavy (non-hydrogen) atoms. The van der Waals surface area contributed by atoms with Crippen LogP contribution in [0.25, 0.3) is 22.2 Å². The SMILES string of the molecule is Cc1cccc(-c2c3c(=O)n(C)c(=O)n(C)c3cn2C(CO)(CO)CO)c1. The Bertz CT molecular complexity index is 1110. The van der Waals surface area contributed by atoms with E-state index >= 15 is 0 Å². The molecule has 0 saturated carbocycles. The lowest BCUT2D eigenvalue weighted by Crippen LogP contribution is -2.44. The monoisotopic (exact) mass is 373 g/mol. The minimum absolute atomic E-state index is 0.282. The fraction of sp³-hybridized carbons (Fsp3) is 0.368. The molecule has 2 heterocycles. The Kier molecular flexibility index (Phi) is 4.81. The van der Waals surface area contributed by atoms with Gasteiger partial charge in [0.2, 0.25) is 0 Å². The van der Waals surface area contributed by atoms with Crippen molar-refractivity contribution < 1.29 is 15.3 Å². The highest BCUT2D eigenvalue weighted by Crippen LogP contribution is 2.33. The molecule has 0 amide bonds. The summed E-state index contributed by atoms with van der Waals surface area (Å²) in [7, 11) is 2.95. The van der Waals surface area contributed by atoms with Crippen LogP contribution >= 0.6 is 0 Å². The Morgan fingerprint density at radius 1 is 1.00 bits per heavy atom. The highest BCUT2D eigenvalue weighted by atomic mass is 16.3.